The molecule has 0 saturated carbocycles. The van der Waals surface area contributed by atoms with E-state index in [0.717, 1.165) is 15.4 Å². The lowest BCUT2D eigenvalue weighted by Crippen LogP contribution is -2.30. The first kappa shape index (κ1) is 21.6. The molecule has 0 bridgehead atoms. The molecule has 0 heterocycles. The summed E-state index contributed by atoms with van der Waals surface area (Å²) in [4.78, 5) is 13.0. The highest BCUT2D eigenvalue weighted by Crippen LogP contribution is 2.36. The number of benzene rings is 2. The quantitative estimate of drug-likeness (QED) is 0.762. The zero-order chi connectivity index (χ0) is 21.1. The van der Waals surface area contributed by atoms with Gasteiger partial charge in [0.25, 0.3) is 5.91 Å². The van der Waals surface area contributed by atoms with E-state index in [1.54, 1.807) is 13.0 Å². The van der Waals surface area contributed by atoms with Crippen molar-refractivity contribution in [1.82, 2.24) is 0 Å². The van der Waals surface area contributed by atoms with Crippen LogP contribution < -0.4 is 19.1 Å². The molecule has 2 rings (SSSR count). The molecule has 1 amide bonds. The average molecular weight is 407 g/mol. The third-order valence-corrected chi connectivity index (χ3v) is 6.39. The molecule has 0 atom stereocenters. The van der Waals surface area contributed by atoms with Gasteiger partial charge in [-0.3, -0.25) is 9.10 Å². The molecular formula is C20H26N2O5S. The zero-order valence-corrected chi connectivity index (χ0v) is 17.8. The van der Waals surface area contributed by atoms with E-state index in [1.807, 2.05) is 26.0 Å². The third-order valence-electron chi connectivity index (χ3n) is 4.63. The van der Waals surface area contributed by atoms with Crippen molar-refractivity contribution in [3.8, 4) is 11.5 Å². The SMILES string of the molecule is CCS(=O)(=O)N(C)c1cc(OC)c(OC)cc1C(=O)Nc1ccc(C)c(C)c1. The normalized spacial score (nSPS) is 11.1. The predicted molar refractivity (Wildman–Crippen MR) is 111 cm³/mol. The lowest BCUT2D eigenvalue weighted by atomic mass is 10.1. The number of ether oxygens (including phenoxy) is 2. The molecule has 152 valence electrons. The molecule has 2 aromatic carbocycles. The molecule has 0 radical (unpaired) electrons. The molecule has 8 heteroatoms. The van der Waals surface area contributed by atoms with Crippen LogP contribution in [0.1, 0.15) is 28.4 Å². The maximum atomic E-state index is 13.0. The van der Waals surface area contributed by atoms with Crippen LogP contribution in [0, 0.1) is 13.8 Å². The third kappa shape index (κ3) is 4.39. The van der Waals surface area contributed by atoms with Crippen molar-refractivity contribution >= 4 is 27.3 Å². The molecule has 1 N–H and O–H groups in total. The summed E-state index contributed by atoms with van der Waals surface area (Å²) in [6.45, 7) is 5.48. The van der Waals surface area contributed by atoms with Crippen molar-refractivity contribution in [2.24, 2.45) is 0 Å². The van der Waals surface area contributed by atoms with E-state index >= 15 is 0 Å². The highest BCUT2D eigenvalue weighted by Gasteiger charge is 2.25. The smallest absolute Gasteiger partial charge is 0.257 e. The largest absolute Gasteiger partial charge is 0.493 e. The molecule has 0 unspecified atom stereocenters. The maximum Gasteiger partial charge on any atom is 0.257 e. The van der Waals surface area contributed by atoms with Crippen molar-refractivity contribution in [3.05, 3.63) is 47.0 Å². The number of hydrogen-bond donors (Lipinski definition) is 1. The van der Waals surface area contributed by atoms with E-state index in [-0.39, 0.29) is 17.0 Å². The minimum absolute atomic E-state index is 0.101. The van der Waals surface area contributed by atoms with E-state index in [9.17, 15) is 13.2 Å². The number of methoxy groups -OCH3 is 2. The Hall–Kier alpha value is -2.74. The van der Waals surface area contributed by atoms with Crippen LogP contribution in [-0.2, 0) is 10.0 Å². The minimum Gasteiger partial charge on any atom is -0.493 e. The van der Waals surface area contributed by atoms with Crippen LogP contribution in [0.4, 0.5) is 11.4 Å². The second-order valence-electron chi connectivity index (χ2n) is 6.35. The van der Waals surface area contributed by atoms with Crippen LogP contribution in [0.2, 0.25) is 0 Å². The Kier molecular flexibility index (Phi) is 6.56. The van der Waals surface area contributed by atoms with Crippen molar-refractivity contribution in [2.45, 2.75) is 20.8 Å². The molecular weight excluding hydrogens is 380 g/mol. The Morgan fingerprint density at radius 2 is 1.64 bits per heavy atom. The molecule has 0 aliphatic heterocycles. The first-order chi connectivity index (χ1) is 13.1. The minimum atomic E-state index is -3.58. The Bertz CT molecular complexity index is 986. The molecule has 0 fully saturated rings. The van der Waals surface area contributed by atoms with Crippen molar-refractivity contribution in [3.63, 3.8) is 0 Å². The first-order valence-electron chi connectivity index (χ1n) is 8.75. The number of nitrogens with zero attached hydrogens (tertiary/aromatic N) is 1. The van der Waals surface area contributed by atoms with Gasteiger partial charge in [0.1, 0.15) is 0 Å². The molecule has 0 aromatic heterocycles. The monoisotopic (exact) mass is 406 g/mol. The highest BCUT2D eigenvalue weighted by molar-refractivity contribution is 7.92. The predicted octanol–water partition coefficient (Wildman–Crippen LogP) is 3.36. The first-order valence-corrected chi connectivity index (χ1v) is 10.4. The Balaban J connectivity index is 2.56. The fourth-order valence-electron chi connectivity index (χ4n) is 2.67. The van der Waals surface area contributed by atoms with Gasteiger partial charge in [0.2, 0.25) is 10.0 Å². The van der Waals surface area contributed by atoms with E-state index in [4.69, 9.17) is 9.47 Å². The molecule has 2 aromatic rings. The number of nitrogens with one attached hydrogen (secondary N) is 1. The second kappa shape index (κ2) is 8.52. The summed E-state index contributed by atoms with van der Waals surface area (Å²) >= 11 is 0. The number of carbonyl (C=O) groups is 1. The van der Waals surface area contributed by atoms with E-state index in [2.05, 4.69) is 5.32 Å². The maximum absolute atomic E-state index is 13.0. The van der Waals surface area contributed by atoms with Crippen molar-refractivity contribution < 1.29 is 22.7 Å². The summed E-state index contributed by atoms with van der Waals surface area (Å²) in [6, 6.07) is 8.54. The fourth-order valence-corrected chi connectivity index (χ4v) is 3.51. The van der Waals surface area contributed by atoms with Gasteiger partial charge in [-0.2, -0.15) is 0 Å². The number of amides is 1. The Labute approximate surface area is 166 Å². The van der Waals surface area contributed by atoms with Gasteiger partial charge in [0.15, 0.2) is 11.5 Å². The summed E-state index contributed by atoms with van der Waals surface area (Å²) in [5, 5.41) is 2.82. The fraction of sp³-hybridized carbons (Fsp3) is 0.350. The zero-order valence-electron chi connectivity index (χ0n) is 17.0. The lowest BCUT2D eigenvalue weighted by molar-refractivity contribution is 0.102. The number of rotatable bonds is 7. The average Bonchev–Trinajstić information content (AvgIpc) is 2.68. The molecule has 0 aliphatic rings. The molecule has 0 aliphatic carbocycles. The Morgan fingerprint density at radius 3 is 2.18 bits per heavy atom. The molecule has 0 spiro atoms. The summed E-state index contributed by atoms with van der Waals surface area (Å²) in [5.41, 5.74) is 3.14. The van der Waals surface area contributed by atoms with Crippen LogP contribution in [0.3, 0.4) is 0 Å². The van der Waals surface area contributed by atoms with E-state index in [1.165, 1.54) is 33.4 Å². The number of anilines is 2. The summed E-state index contributed by atoms with van der Waals surface area (Å²) in [5.74, 6) is 0.116. The summed E-state index contributed by atoms with van der Waals surface area (Å²) in [7, 11) is 0.732. The van der Waals surface area contributed by atoms with Gasteiger partial charge in [-0.1, -0.05) is 6.07 Å². The highest BCUT2D eigenvalue weighted by atomic mass is 32.2. The Morgan fingerprint density at radius 1 is 1.04 bits per heavy atom. The van der Waals surface area contributed by atoms with Crippen molar-refractivity contribution in [2.75, 3.05) is 36.6 Å². The van der Waals surface area contributed by atoms with Gasteiger partial charge >= 0.3 is 0 Å². The molecule has 0 saturated heterocycles. The van der Waals surface area contributed by atoms with Gasteiger partial charge < -0.3 is 14.8 Å². The summed E-state index contributed by atoms with van der Waals surface area (Å²) in [6.07, 6.45) is 0. The molecule has 7 nitrogen and oxygen atoms in total. The van der Waals surface area contributed by atoms with E-state index < -0.39 is 15.9 Å². The number of hydrogen-bond acceptors (Lipinski definition) is 5. The van der Waals surface area contributed by atoms with Gasteiger partial charge in [0.05, 0.1) is 31.2 Å². The van der Waals surface area contributed by atoms with Crippen LogP contribution in [0.5, 0.6) is 11.5 Å². The topological polar surface area (TPSA) is 84.9 Å². The lowest BCUT2D eigenvalue weighted by Gasteiger charge is -2.23. The van der Waals surface area contributed by atoms with Crippen molar-refractivity contribution in [1.29, 1.82) is 0 Å². The van der Waals surface area contributed by atoms with E-state index in [0.29, 0.717) is 17.2 Å². The van der Waals surface area contributed by atoms with Gasteiger partial charge in [-0.05, 0) is 50.1 Å². The van der Waals surface area contributed by atoms with Crippen LogP contribution >= 0.6 is 0 Å². The van der Waals surface area contributed by atoms with Crippen LogP contribution in [-0.4, -0.2) is 41.3 Å². The van der Waals surface area contributed by atoms with Gasteiger partial charge in [-0.25, -0.2) is 8.42 Å². The molecule has 28 heavy (non-hydrogen) atoms. The standard InChI is InChI=1S/C20H26N2O5S/c1-7-28(24,25)22(4)17-12-19(27-6)18(26-5)11-16(17)20(23)21-15-9-8-13(2)14(3)10-15/h8-12H,7H2,1-6H3,(H,21,23). The van der Waals surface area contributed by atoms with Gasteiger partial charge in [0, 0.05) is 18.8 Å². The second-order valence-corrected chi connectivity index (χ2v) is 8.63. The number of aryl methyl sites for hydroxylation is 2. The summed E-state index contributed by atoms with van der Waals surface area (Å²) < 4.78 is 36.4. The number of sulfonamides is 1. The van der Waals surface area contributed by atoms with Gasteiger partial charge in [-0.15, -0.1) is 0 Å². The van der Waals surface area contributed by atoms with Crippen LogP contribution in [0.15, 0.2) is 30.3 Å². The number of carbonyl (C=O) groups excluding carboxylic acids is 1. The van der Waals surface area contributed by atoms with Crippen LogP contribution in [0.25, 0.3) is 0 Å².